The molecule has 26 heavy (non-hydrogen) atoms. The van der Waals surface area contributed by atoms with Crippen molar-refractivity contribution in [1.29, 1.82) is 0 Å². The average Bonchev–Trinajstić information content (AvgIpc) is 2.67. The number of methoxy groups -OCH3 is 1. The fourth-order valence-corrected chi connectivity index (χ4v) is 20.6. The van der Waals surface area contributed by atoms with Crippen molar-refractivity contribution in [2.75, 3.05) is 7.11 Å². The van der Waals surface area contributed by atoms with Gasteiger partial charge in [-0.15, -0.1) is 0 Å². The minimum absolute atomic E-state index is 0.545. The summed E-state index contributed by atoms with van der Waals surface area (Å²) in [6, 6.07) is 6.24. The van der Waals surface area contributed by atoms with Gasteiger partial charge in [0.25, 0.3) is 0 Å². The van der Waals surface area contributed by atoms with Crippen LogP contribution in [0.4, 0.5) is 0 Å². The quantitative estimate of drug-likeness (QED) is 0.202. The molecule has 1 aromatic carbocycles. The van der Waals surface area contributed by atoms with E-state index in [0.29, 0.717) is 5.70 Å². The molecule has 1 aromatic rings. The third kappa shape index (κ3) is 6.28. The SMILES string of the molecule is C=C(N=C=O)c1ccc(OC)c[c]1[Sn]([CH2]CCC)([CH2]CCC)[CH2]CCC. The summed E-state index contributed by atoms with van der Waals surface area (Å²) in [5, 5.41) is 0. The van der Waals surface area contributed by atoms with E-state index in [9.17, 15) is 4.79 Å². The van der Waals surface area contributed by atoms with Crippen LogP contribution in [-0.4, -0.2) is 31.6 Å². The van der Waals surface area contributed by atoms with E-state index in [2.05, 4.69) is 38.4 Å². The molecule has 144 valence electrons. The van der Waals surface area contributed by atoms with Gasteiger partial charge >= 0.3 is 164 Å². The van der Waals surface area contributed by atoms with Crippen LogP contribution in [0.1, 0.15) is 64.9 Å². The second-order valence-electron chi connectivity index (χ2n) is 7.15. The molecule has 0 saturated heterocycles. The zero-order valence-electron chi connectivity index (χ0n) is 17.1. The molecule has 0 bridgehead atoms. The molecule has 0 radical (unpaired) electrons. The molecule has 0 aliphatic carbocycles. The molecule has 0 saturated carbocycles. The first-order chi connectivity index (χ1) is 12.6. The molecule has 0 spiro atoms. The predicted molar refractivity (Wildman–Crippen MR) is 115 cm³/mol. The molecule has 0 N–H and O–H groups in total. The molecule has 0 aliphatic rings. The van der Waals surface area contributed by atoms with Crippen LogP contribution in [-0.2, 0) is 4.79 Å². The van der Waals surface area contributed by atoms with Gasteiger partial charge in [0.05, 0.1) is 0 Å². The molecule has 0 unspecified atom stereocenters. The van der Waals surface area contributed by atoms with Crippen LogP contribution in [0.3, 0.4) is 0 Å². The standard InChI is InChI=1S/C10H8NO2.3C4H9.Sn/c1-8(11-7-12)9-3-5-10(13-2)6-4-9;3*1-3-4-2;/h3,5-6H,1H2,2H3;3*1,3-4H2,2H3;. The van der Waals surface area contributed by atoms with Crippen molar-refractivity contribution in [3.8, 4) is 5.75 Å². The number of ether oxygens (including phenoxy) is 1. The van der Waals surface area contributed by atoms with Gasteiger partial charge in [-0.2, -0.15) is 0 Å². The van der Waals surface area contributed by atoms with Crippen molar-refractivity contribution >= 4 is 33.7 Å². The Labute approximate surface area is 163 Å². The van der Waals surface area contributed by atoms with Gasteiger partial charge in [0.1, 0.15) is 0 Å². The Hall–Kier alpha value is -1.06. The molecular formula is C22H35NO2Sn. The van der Waals surface area contributed by atoms with Crippen molar-refractivity contribution in [2.45, 2.75) is 72.6 Å². The average molecular weight is 464 g/mol. The van der Waals surface area contributed by atoms with E-state index < -0.39 is 18.4 Å². The topological polar surface area (TPSA) is 38.7 Å². The third-order valence-corrected chi connectivity index (χ3v) is 21.0. The van der Waals surface area contributed by atoms with E-state index in [1.807, 2.05) is 12.1 Å². The van der Waals surface area contributed by atoms with Gasteiger partial charge in [0.15, 0.2) is 0 Å². The number of rotatable bonds is 13. The monoisotopic (exact) mass is 465 g/mol. The van der Waals surface area contributed by atoms with Crippen LogP contribution in [0, 0.1) is 0 Å². The van der Waals surface area contributed by atoms with Gasteiger partial charge in [0, 0.05) is 0 Å². The first-order valence-corrected chi connectivity index (χ1v) is 17.5. The van der Waals surface area contributed by atoms with E-state index in [4.69, 9.17) is 4.74 Å². The normalized spacial score (nSPS) is 11.1. The summed E-state index contributed by atoms with van der Waals surface area (Å²) in [4.78, 5) is 14.7. The number of unbranched alkanes of at least 4 members (excludes halogenated alkanes) is 3. The van der Waals surface area contributed by atoms with E-state index in [1.165, 1.54) is 55.4 Å². The van der Waals surface area contributed by atoms with Gasteiger partial charge < -0.3 is 0 Å². The number of isocyanates is 1. The Balaban J connectivity index is 3.56. The minimum atomic E-state index is -2.68. The van der Waals surface area contributed by atoms with Crippen molar-refractivity contribution in [3.05, 3.63) is 30.3 Å². The summed E-state index contributed by atoms with van der Waals surface area (Å²) >= 11 is -2.68. The van der Waals surface area contributed by atoms with Gasteiger partial charge in [-0.25, -0.2) is 0 Å². The maximum absolute atomic E-state index is 10.8. The summed E-state index contributed by atoms with van der Waals surface area (Å²) < 4.78 is 11.0. The summed E-state index contributed by atoms with van der Waals surface area (Å²) in [7, 11) is 1.72. The fraction of sp³-hybridized carbons (Fsp3) is 0.591. The number of hydrogen-bond donors (Lipinski definition) is 0. The molecule has 0 fully saturated rings. The molecule has 0 amide bonds. The molecule has 0 aliphatic heterocycles. The van der Waals surface area contributed by atoms with Crippen LogP contribution >= 0.6 is 0 Å². The van der Waals surface area contributed by atoms with Crippen molar-refractivity contribution in [1.82, 2.24) is 0 Å². The Morgan fingerprint density at radius 1 is 1.08 bits per heavy atom. The first kappa shape index (κ1) is 23.0. The van der Waals surface area contributed by atoms with Crippen LogP contribution in [0.2, 0.25) is 13.3 Å². The zero-order valence-corrected chi connectivity index (χ0v) is 19.9. The maximum atomic E-state index is 10.8. The summed E-state index contributed by atoms with van der Waals surface area (Å²) in [5.74, 6) is 0.900. The molecule has 4 heteroatoms. The number of benzene rings is 1. The summed E-state index contributed by atoms with van der Waals surface area (Å²) in [6.45, 7) is 10.9. The second-order valence-corrected chi connectivity index (χ2v) is 20.3. The molecule has 1 rings (SSSR count). The number of aliphatic imine (C=N–C) groups is 1. The number of carbonyl (C=O) groups excluding carboxylic acids is 1. The van der Waals surface area contributed by atoms with E-state index >= 15 is 0 Å². The van der Waals surface area contributed by atoms with E-state index in [1.54, 1.807) is 13.2 Å². The van der Waals surface area contributed by atoms with E-state index in [0.717, 1.165) is 11.3 Å². The second kappa shape index (κ2) is 12.3. The number of hydrogen-bond acceptors (Lipinski definition) is 3. The number of nitrogens with zero attached hydrogens (tertiary/aromatic N) is 1. The fourth-order valence-electron chi connectivity index (χ4n) is 3.78. The van der Waals surface area contributed by atoms with Crippen LogP contribution in [0.15, 0.2) is 29.8 Å². The van der Waals surface area contributed by atoms with Gasteiger partial charge in [-0.05, 0) is 0 Å². The molecule has 0 heterocycles. The van der Waals surface area contributed by atoms with Crippen molar-refractivity contribution in [2.24, 2.45) is 4.99 Å². The predicted octanol–water partition coefficient (Wildman–Crippen LogP) is 6.06. The zero-order chi connectivity index (χ0) is 19.4. The Kier molecular flexibility index (Phi) is 10.9. The van der Waals surface area contributed by atoms with Gasteiger partial charge in [-0.3, -0.25) is 0 Å². The molecule has 0 aromatic heterocycles. The van der Waals surface area contributed by atoms with Crippen molar-refractivity contribution < 1.29 is 9.53 Å². The van der Waals surface area contributed by atoms with Crippen molar-refractivity contribution in [3.63, 3.8) is 0 Å². The third-order valence-electron chi connectivity index (χ3n) is 5.32. The van der Waals surface area contributed by atoms with Crippen LogP contribution in [0.25, 0.3) is 5.70 Å². The van der Waals surface area contributed by atoms with Gasteiger partial charge in [0.2, 0.25) is 0 Å². The molecule has 3 nitrogen and oxygen atoms in total. The van der Waals surface area contributed by atoms with Gasteiger partial charge in [-0.1, -0.05) is 0 Å². The van der Waals surface area contributed by atoms with E-state index in [-0.39, 0.29) is 0 Å². The Morgan fingerprint density at radius 3 is 2.04 bits per heavy atom. The van der Waals surface area contributed by atoms with Crippen LogP contribution < -0.4 is 8.32 Å². The van der Waals surface area contributed by atoms with Crippen LogP contribution in [0.5, 0.6) is 5.75 Å². The molecule has 0 atom stereocenters. The Morgan fingerprint density at radius 2 is 1.62 bits per heavy atom. The Bertz CT molecular complexity index is 599. The first-order valence-electron chi connectivity index (χ1n) is 10.0. The summed E-state index contributed by atoms with van der Waals surface area (Å²) in [6.07, 6.45) is 9.19. The molecular weight excluding hydrogens is 429 g/mol. The summed E-state index contributed by atoms with van der Waals surface area (Å²) in [5.41, 5.74) is 1.59.